The number of rotatable bonds is 7. The third-order valence-corrected chi connectivity index (χ3v) is 3.74. The summed E-state index contributed by atoms with van der Waals surface area (Å²) in [5.74, 6) is 3.98. The molecule has 1 aromatic rings. The van der Waals surface area contributed by atoms with Crippen molar-refractivity contribution in [2.45, 2.75) is 46.7 Å². The Labute approximate surface area is 97.7 Å². The molecule has 0 N–H and O–H groups in total. The van der Waals surface area contributed by atoms with Crippen molar-refractivity contribution in [3.05, 3.63) is 18.2 Å². The number of hydrogen-bond acceptors (Lipinski definition) is 1. The Hall–Kier alpha value is -0.440. The van der Waals surface area contributed by atoms with Gasteiger partial charge in [-0.3, -0.25) is 0 Å². The fourth-order valence-corrected chi connectivity index (χ4v) is 2.62. The minimum absolute atomic E-state index is 1.08. The van der Waals surface area contributed by atoms with E-state index in [2.05, 4.69) is 54.1 Å². The van der Waals surface area contributed by atoms with E-state index in [1.807, 2.05) is 0 Å². The molecule has 0 aliphatic heterocycles. The van der Waals surface area contributed by atoms with Crippen molar-refractivity contribution in [1.29, 1.82) is 0 Å². The Bertz CT molecular complexity index is 281. The molecule has 1 aromatic heterocycles. The van der Waals surface area contributed by atoms with Crippen LogP contribution in [-0.4, -0.2) is 16.1 Å². The van der Waals surface area contributed by atoms with Crippen LogP contribution in [0.5, 0.6) is 0 Å². The number of aromatic nitrogens is 2. The smallest absolute Gasteiger partial charge is 0.235 e. The number of thioether (sulfide) groups is 1. The van der Waals surface area contributed by atoms with Crippen LogP contribution >= 0.6 is 11.8 Å². The summed E-state index contributed by atoms with van der Waals surface area (Å²) in [4.78, 5) is 0. The van der Waals surface area contributed by atoms with Gasteiger partial charge in [0.15, 0.2) is 0 Å². The summed E-state index contributed by atoms with van der Waals surface area (Å²) in [7, 11) is 0. The van der Waals surface area contributed by atoms with Gasteiger partial charge in [0.2, 0.25) is 0 Å². The maximum absolute atomic E-state index is 2.40. The maximum Gasteiger partial charge on any atom is 0.256 e. The third-order valence-electron chi connectivity index (χ3n) is 2.57. The van der Waals surface area contributed by atoms with E-state index >= 15 is 0 Å². The first-order chi connectivity index (χ1) is 7.33. The molecular formula is C12H23N2S+. The van der Waals surface area contributed by atoms with E-state index in [0.29, 0.717) is 0 Å². The average molecular weight is 227 g/mol. The maximum atomic E-state index is 2.40. The van der Waals surface area contributed by atoms with Gasteiger partial charge in [-0.15, -0.1) is 0 Å². The van der Waals surface area contributed by atoms with Gasteiger partial charge < -0.3 is 0 Å². The van der Waals surface area contributed by atoms with Crippen LogP contribution in [0.25, 0.3) is 0 Å². The van der Waals surface area contributed by atoms with E-state index < -0.39 is 0 Å². The van der Waals surface area contributed by atoms with E-state index in [9.17, 15) is 0 Å². The van der Waals surface area contributed by atoms with Gasteiger partial charge in [0.25, 0.3) is 5.82 Å². The van der Waals surface area contributed by atoms with Crippen LogP contribution in [0.3, 0.4) is 0 Å². The molecule has 15 heavy (non-hydrogen) atoms. The third kappa shape index (κ3) is 3.56. The molecule has 3 heteroatoms. The summed E-state index contributed by atoms with van der Waals surface area (Å²) < 4.78 is 4.73. The molecule has 0 aliphatic rings. The van der Waals surface area contributed by atoms with Gasteiger partial charge in [-0.2, -0.15) is 11.8 Å². The van der Waals surface area contributed by atoms with E-state index in [0.717, 1.165) is 19.5 Å². The molecule has 0 spiro atoms. The van der Waals surface area contributed by atoms with Crippen LogP contribution < -0.4 is 4.57 Å². The second kappa shape index (κ2) is 6.94. The van der Waals surface area contributed by atoms with Gasteiger partial charge in [0, 0.05) is 12.2 Å². The lowest BCUT2D eigenvalue weighted by Gasteiger charge is -2.01. The molecule has 0 saturated heterocycles. The first kappa shape index (κ1) is 12.6. The Kier molecular flexibility index (Phi) is 5.84. The minimum Gasteiger partial charge on any atom is -0.235 e. The predicted molar refractivity (Wildman–Crippen MR) is 67.3 cm³/mol. The van der Waals surface area contributed by atoms with E-state index in [-0.39, 0.29) is 0 Å². The molecule has 1 heterocycles. The molecular weight excluding hydrogens is 204 g/mol. The SMILES string of the molecule is CCCSCC[n+]1ccn(CC)c1CC. The highest BCUT2D eigenvalue weighted by molar-refractivity contribution is 7.99. The number of aryl methyl sites for hydroxylation is 2. The van der Waals surface area contributed by atoms with Crippen LogP contribution in [0, 0.1) is 0 Å². The van der Waals surface area contributed by atoms with E-state index in [1.54, 1.807) is 0 Å². The molecule has 2 nitrogen and oxygen atoms in total. The summed E-state index contributed by atoms with van der Waals surface area (Å²) in [6.07, 6.45) is 6.82. The van der Waals surface area contributed by atoms with Crippen LogP contribution in [0.2, 0.25) is 0 Å². The fourth-order valence-electron chi connectivity index (χ4n) is 1.81. The predicted octanol–water partition coefficient (Wildman–Crippen LogP) is 2.50. The highest BCUT2D eigenvalue weighted by Crippen LogP contribution is 2.02. The van der Waals surface area contributed by atoms with Crippen molar-refractivity contribution >= 4 is 11.8 Å². The number of nitrogens with zero attached hydrogens (tertiary/aromatic N) is 2. The van der Waals surface area contributed by atoms with E-state index in [4.69, 9.17) is 0 Å². The molecule has 0 bridgehead atoms. The normalized spacial score (nSPS) is 10.9. The summed E-state index contributed by atoms with van der Waals surface area (Å²) in [5, 5.41) is 0. The van der Waals surface area contributed by atoms with Crippen molar-refractivity contribution < 1.29 is 4.57 Å². The number of imidazole rings is 1. The summed E-state index contributed by atoms with van der Waals surface area (Å²) in [5.41, 5.74) is 0. The minimum atomic E-state index is 1.08. The van der Waals surface area contributed by atoms with Gasteiger partial charge in [-0.1, -0.05) is 13.8 Å². The Balaban J connectivity index is 2.49. The van der Waals surface area contributed by atoms with Crippen LogP contribution in [0.4, 0.5) is 0 Å². The standard InChI is InChI=1S/C12H23N2S/c1-4-10-15-11-9-14-8-7-13(6-3)12(14)5-2/h7-8H,4-6,9-11H2,1-3H3/q+1. The average Bonchev–Trinajstić information content (AvgIpc) is 2.66. The molecule has 0 aliphatic carbocycles. The molecule has 0 radical (unpaired) electrons. The van der Waals surface area contributed by atoms with Crippen LogP contribution in [0.15, 0.2) is 12.4 Å². The quantitative estimate of drug-likeness (QED) is 0.513. The lowest BCUT2D eigenvalue weighted by Crippen LogP contribution is -2.38. The van der Waals surface area contributed by atoms with Crippen molar-refractivity contribution in [3.63, 3.8) is 0 Å². The Morgan fingerprint density at radius 3 is 2.67 bits per heavy atom. The zero-order valence-corrected chi connectivity index (χ0v) is 11.0. The molecule has 86 valence electrons. The van der Waals surface area contributed by atoms with E-state index in [1.165, 1.54) is 23.8 Å². The van der Waals surface area contributed by atoms with Crippen LogP contribution in [-0.2, 0) is 19.5 Å². The van der Waals surface area contributed by atoms with Gasteiger partial charge in [0.05, 0.1) is 13.1 Å². The molecule has 0 saturated carbocycles. The monoisotopic (exact) mass is 227 g/mol. The zero-order valence-electron chi connectivity index (χ0n) is 10.2. The second-order valence-corrected chi connectivity index (χ2v) is 4.88. The lowest BCUT2D eigenvalue weighted by atomic mass is 10.4. The Morgan fingerprint density at radius 2 is 2.07 bits per heavy atom. The summed E-state index contributed by atoms with van der Waals surface area (Å²) >= 11 is 2.05. The second-order valence-electron chi connectivity index (χ2n) is 3.66. The summed E-state index contributed by atoms with van der Waals surface area (Å²) in [6, 6.07) is 0. The van der Waals surface area contributed by atoms with Gasteiger partial charge >= 0.3 is 0 Å². The molecule has 0 aromatic carbocycles. The summed E-state index contributed by atoms with van der Waals surface area (Å²) in [6.45, 7) is 8.91. The number of hydrogen-bond donors (Lipinski definition) is 0. The molecule has 0 unspecified atom stereocenters. The first-order valence-corrected chi connectivity index (χ1v) is 7.14. The molecule has 1 rings (SSSR count). The largest absolute Gasteiger partial charge is 0.256 e. The lowest BCUT2D eigenvalue weighted by molar-refractivity contribution is -0.699. The van der Waals surface area contributed by atoms with Gasteiger partial charge in [0.1, 0.15) is 12.4 Å². The molecule has 0 atom stereocenters. The first-order valence-electron chi connectivity index (χ1n) is 5.98. The van der Waals surface area contributed by atoms with Crippen molar-refractivity contribution in [2.24, 2.45) is 0 Å². The van der Waals surface area contributed by atoms with Crippen LogP contribution in [0.1, 0.15) is 33.0 Å². The van der Waals surface area contributed by atoms with Crippen molar-refractivity contribution in [2.75, 3.05) is 11.5 Å². The zero-order chi connectivity index (χ0) is 11.1. The highest BCUT2D eigenvalue weighted by atomic mass is 32.2. The van der Waals surface area contributed by atoms with Crippen molar-refractivity contribution in [1.82, 2.24) is 4.57 Å². The highest BCUT2D eigenvalue weighted by Gasteiger charge is 2.12. The topological polar surface area (TPSA) is 8.81 Å². The van der Waals surface area contributed by atoms with Crippen molar-refractivity contribution in [3.8, 4) is 0 Å². The van der Waals surface area contributed by atoms with Gasteiger partial charge in [-0.05, 0) is 19.1 Å². The fraction of sp³-hybridized carbons (Fsp3) is 0.750. The molecule has 0 fully saturated rings. The Morgan fingerprint density at radius 1 is 1.27 bits per heavy atom. The van der Waals surface area contributed by atoms with Gasteiger partial charge in [-0.25, -0.2) is 9.13 Å². The molecule has 0 amide bonds.